The molecule has 3 aromatic heterocycles. The number of nitrogens with one attached hydrogen (secondary N) is 1. The molecule has 12 nitrogen and oxygen atoms in total. The highest BCUT2D eigenvalue weighted by Gasteiger charge is 2.31. The van der Waals surface area contributed by atoms with Crippen molar-refractivity contribution in [3.8, 4) is 28.8 Å². The molecule has 1 atom stereocenters. The van der Waals surface area contributed by atoms with E-state index in [1.807, 2.05) is 0 Å². The van der Waals surface area contributed by atoms with Gasteiger partial charge in [0.1, 0.15) is 34.0 Å². The first kappa shape index (κ1) is 26.0. The lowest BCUT2D eigenvalue weighted by Gasteiger charge is -2.19. The van der Waals surface area contributed by atoms with Gasteiger partial charge in [0.15, 0.2) is 11.6 Å². The normalized spacial score (nSPS) is 12.4. The van der Waals surface area contributed by atoms with E-state index in [2.05, 4.69) is 24.9 Å². The zero-order valence-electron chi connectivity index (χ0n) is 20.5. The highest BCUT2D eigenvalue weighted by molar-refractivity contribution is 7.93. The average Bonchev–Trinajstić information content (AvgIpc) is 3.49. The predicted molar refractivity (Wildman–Crippen MR) is 131 cm³/mol. The van der Waals surface area contributed by atoms with Gasteiger partial charge >= 0.3 is 0 Å². The number of aryl methyl sites for hydroxylation is 1. The number of nitrogens with zero attached hydrogens (tertiary/aromatic N) is 5. The molecule has 196 valence electrons. The van der Waals surface area contributed by atoms with Gasteiger partial charge in [-0.15, -0.1) is 10.2 Å². The van der Waals surface area contributed by atoms with Crippen LogP contribution in [0.15, 0.2) is 47.1 Å². The molecule has 0 bridgehead atoms. The van der Waals surface area contributed by atoms with Crippen molar-refractivity contribution < 1.29 is 31.4 Å². The van der Waals surface area contributed by atoms with Crippen LogP contribution in [0.2, 0.25) is 0 Å². The summed E-state index contributed by atoms with van der Waals surface area (Å²) in [5.41, 5.74) is 0.351. The van der Waals surface area contributed by atoms with Crippen molar-refractivity contribution in [1.29, 1.82) is 0 Å². The third kappa shape index (κ3) is 5.54. The number of anilines is 1. The first-order chi connectivity index (χ1) is 17.8. The molecule has 0 radical (unpaired) electrons. The van der Waals surface area contributed by atoms with Crippen molar-refractivity contribution >= 4 is 16.0 Å². The van der Waals surface area contributed by atoms with Crippen LogP contribution in [0.3, 0.4) is 0 Å². The molecule has 0 fully saturated rings. The molecule has 37 heavy (non-hydrogen) atoms. The van der Waals surface area contributed by atoms with Crippen molar-refractivity contribution in [2.75, 3.05) is 32.7 Å². The number of sulfonamides is 1. The van der Waals surface area contributed by atoms with Crippen LogP contribution >= 0.6 is 0 Å². The molecule has 0 aliphatic carbocycles. The number of rotatable bonds is 11. The van der Waals surface area contributed by atoms with Gasteiger partial charge in [-0.1, -0.05) is 6.07 Å². The van der Waals surface area contributed by atoms with Crippen LogP contribution in [0.25, 0.3) is 17.3 Å². The fourth-order valence-corrected chi connectivity index (χ4v) is 4.87. The van der Waals surface area contributed by atoms with Crippen molar-refractivity contribution in [3.05, 3.63) is 60.1 Å². The van der Waals surface area contributed by atoms with E-state index in [9.17, 15) is 12.8 Å². The van der Waals surface area contributed by atoms with Crippen LogP contribution in [0.1, 0.15) is 11.6 Å². The second-order valence-electron chi connectivity index (χ2n) is 7.85. The molecule has 0 spiro atoms. The van der Waals surface area contributed by atoms with E-state index >= 15 is 0 Å². The standard InChI is InChI=1S/C23H25FN6O6S/c1-14-8-9-19(36-14)22-27-28-23(30(22)21-17(34-3)6-5-7-18(21)35-4)29-37(31,32)16(13-33-2)10-20-25-11-15(24)12-26-20/h5-9,11-12,16H,10,13H2,1-4H3,(H,28,29)/t16-/m1/s1. The zero-order valence-corrected chi connectivity index (χ0v) is 21.3. The maximum Gasteiger partial charge on any atom is 0.243 e. The van der Waals surface area contributed by atoms with E-state index in [0.29, 0.717) is 28.7 Å². The van der Waals surface area contributed by atoms with Gasteiger partial charge < -0.3 is 18.6 Å². The lowest BCUT2D eigenvalue weighted by molar-refractivity contribution is 0.196. The number of furan rings is 1. The third-order valence-electron chi connectivity index (χ3n) is 5.36. The van der Waals surface area contributed by atoms with Crippen molar-refractivity contribution in [2.45, 2.75) is 18.6 Å². The Balaban J connectivity index is 1.81. The number of para-hydroxylation sites is 1. The Morgan fingerprint density at radius 1 is 1.05 bits per heavy atom. The summed E-state index contributed by atoms with van der Waals surface area (Å²) in [4.78, 5) is 7.73. The number of halogens is 1. The van der Waals surface area contributed by atoms with Gasteiger partial charge in [-0.2, -0.15) is 0 Å². The predicted octanol–water partition coefficient (Wildman–Crippen LogP) is 2.78. The molecule has 0 amide bonds. The number of methoxy groups -OCH3 is 3. The Bertz CT molecular complexity index is 1450. The summed E-state index contributed by atoms with van der Waals surface area (Å²) in [6.07, 6.45) is 1.79. The maximum absolute atomic E-state index is 13.5. The van der Waals surface area contributed by atoms with E-state index in [4.69, 9.17) is 18.6 Å². The fourth-order valence-electron chi connectivity index (χ4n) is 3.63. The number of benzene rings is 1. The molecule has 0 unspecified atom stereocenters. The van der Waals surface area contributed by atoms with Crippen LogP contribution in [-0.2, 0) is 21.2 Å². The topological polar surface area (TPSA) is 143 Å². The van der Waals surface area contributed by atoms with Gasteiger partial charge in [0, 0.05) is 13.5 Å². The van der Waals surface area contributed by atoms with Gasteiger partial charge in [0.05, 0.1) is 33.2 Å². The smallest absolute Gasteiger partial charge is 0.243 e. The average molecular weight is 533 g/mol. The second kappa shape index (κ2) is 10.9. The first-order valence-electron chi connectivity index (χ1n) is 11.0. The summed E-state index contributed by atoms with van der Waals surface area (Å²) < 4.78 is 66.2. The van der Waals surface area contributed by atoms with Crippen LogP contribution in [0.5, 0.6) is 11.5 Å². The van der Waals surface area contributed by atoms with Gasteiger partial charge in [0.25, 0.3) is 0 Å². The monoisotopic (exact) mass is 532 g/mol. The molecule has 1 N–H and O–H groups in total. The molecular formula is C23H25FN6O6S. The Labute approximate surface area is 212 Å². The molecule has 0 aliphatic heterocycles. The van der Waals surface area contributed by atoms with E-state index < -0.39 is 21.1 Å². The van der Waals surface area contributed by atoms with E-state index in [-0.39, 0.29) is 30.6 Å². The highest BCUT2D eigenvalue weighted by atomic mass is 32.2. The third-order valence-corrected chi connectivity index (χ3v) is 7.01. The van der Waals surface area contributed by atoms with Gasteiger partial charge in [-0.3, -0.25) is 9.29 Å². The van der Waals surface area contributed by atoms with Crippen molar-refractivity contribution in [1.82, 2.24) is 24.7 Å². The van der Waals surface area contributed by atoms with Crippen molar-refractivity contribution in [2.24, 2.45) is 0 Å². The summed E-state index contributed by atoms with van der Waals surface area (Å²) in [7, 11) is 0.151. The van der Waals surface area contributed by atoms with Gasteiger partial charge in [0.2, 0.25) is 21.8 Å². The zero-order chi connectivity index (χ0) is 26.6. The lowest BCUT2D eigenvalue weighted by atomic mass is 10.2. The summed E-state index contributed by atoms with van der Waals surface area (Å²) in [5.74, 6) is 1.28. The quantitative estimate of drug-likeness (QED) is 0.306. The molecule has 4 aromatic rings. The second-order valence-corrected chi connectivity index (χ2v) is 9.81. The minimum Gasteiger partial charge on any atom is -0.494 e. The van der Waals surface area contributed by atoms with Crippen molar-refractivity contribution in [3.63, 3.8) is 0 Å². The summed E-state index contributed by atoms with van der Waals surface area (Å²) in [5, 5.41) is 7.16. The Hall–Kier alpha value is -4.04. The highest BCUT2D eigenvalue weighted by Crippen LogP contribution is 2.38. The maximum atomic E-state index is 13.5. The summed E-state index contributed by atoms with van der Waals surface area (Å²) in [6.45, 7) is 1.58. The SMILES string of the molecule is COC[C@@H](Cc1ncc(F)cn1)S(=O)(=O)Nc1nnc(-c2ccc(C)o2)n1-c1c(OC)cccc1OC. The van der Waals surface area contributed by atoms with E-state index in [0.717, 1.165) is 12.4 Å². The Morgan fingerprint density at radius 3 is 2.30 bits per heavy atom. The minimum absolute atomic E-state index is 0.133. The van der Waals surface area contributed by atoms with Gasteiger partial charge in [-0.05, 0) is 31.2 Å². The molecular weight excluding hydrogens is 507 g/mol. The fraction of sp³-hybridized carbons (Fsp3) is 0.304. The van der Waals surface area contributed by atoms with Crippen LogP contribution in [0.4, 0.5) is 10.3 Å². The van der Waals surface area contributed by atoms with Crippen LogP contribution < -0.4 is 14.2 Å². The number of hydrogen-bond acceptors (Lipinski definition) is 10. The van der Waals surface area contributed by atoms with E-state index in [1.54, 1.807) is 37.3 Å². The van der Waals surface area contributed by atoms with E-state index in [1.165, 1.54) is 25.9 Å². The summed E-state index contributed by atoms with van der Waals surface area (Å²) in [6, 6.07) is 8.54. The molecule has 14 heteroatoms. The molecule has 3 heterocycles. The number of hydrogen-bond donors (Lipinski definition) is 1. The van der Waals surface area contributed by atoms with Crippen LogP contribution in [0, 0.1) is 12.7 Å². The largest absolute Gasteiger partial charge is 0.494 e. The Kier molecular flexibility index (Phi) is 7.69. The molecule has 0 aliphatic rings. The minimum atomic E-state index is -4.16. The van der Waals surface area contributed by atoms with Gasteiger partial charge in [-0.25, -0.2) is 22.8 Å². The number of aromatic nitrogens is 5. The van der Waals surface area contributed by atoms with Crippen LogP contribution in [-0.4, -0.2) is 66.3 Å². The molecule has 4 rings (SSSR count). The molecule has 0 saturated carbocycles. The summed E-state index contributed by atoms with van der Waals surface area (Å²) >= 11 is 0. The molecule has 1 aromatic carbocycles. The lowest BCUT2D eigenvalue weighted by Crippen LogP contribution is -2.35. The number of ether oxygens (including phenoxy) is 3. The Morgan fingerprint density at radius 2 is 1.73 bits per heavy atom. The first-order valence-corrected chi connectivity index (χ1v) is 12.5. The molecule has 0 saturated heterocycles.